The minimum absolute atomic E-state index is 0.0737. The fraction of sp³-hybridized carbons (Fsp3) is 0. The maximum absolute atomic E-state index is 9.05. The van der Waals surface area contributed by atoms with E-state index in [9.17, 15) is 0 Å². The maximum Gasteiger partial charge on any atom is 0.163 e. The lowest BCUT2D eigenvalue weighted by atomic mass is 10.1. The van der Waals surface area contributed by atoms with E-state index in [1.165, 1.54) is 0 Å². The van der Waals surface area contributed by atoms with Crippen molar-refractivity contribution in [3.8, 4) is 18.2 Å². The molecule has 20 heavy (non-hydrogen) atoms. The number of pyridine rings is 1. The van der Waals surface area contributed by atoms with Gasteiger partial charge in [-0.1, -0.05) is 15.9 Å². The molecule has 2 aromatic rings. The van der Waals surface area contributed by atoms with E-state index in [1.54, 1.807) is 42.7 Å². The molecule has 5 nitrogen and oxygen atoms in total. The Labute approximate surface area is 123 Å². The number of nitrogens with one attached hydrogen (secondary N) is 1. The van der Waals surface area contributed by atoms with Gasteiger partial charge in [0.25, 0.3) is 0 Å². The standard InChI is InChI=1S/C14H6BrN5/c15-12-1-2-13(10-3-4-19-8-11(10)12)20-14(7-18)9(5-16)6-17/h1-4,8,20H. The molecule has 0 atom stereocenters. The Morgan fingerprint density at radius 3 is 2.45 bits per heavy atom. The molecular formula is C14H6BrN5. The Morgan fingerprint density at radius 2 is 1.80 bits per heavy atom. The summed E-state index contributed by atoms with van der Waals surface area (Å²) in [5.41, 5.74) is 0.304. The molecule has 1 heterocycles. The van der Waals surface area contributed by atoms with Crippen molar-refractivity contribution < 1.29 is 0 Å². The maximum atomic E-state index is 9.05. The number of fused-ring (bicyclic) bond motifs is 1. The lowest BCUT2D eigenvalue weighted by Crippen LogP contribution is -2.01. The normalized spacial score (nSPS) is 9.10. The summed E-state index contributed by atoms with van der Waals surface area (Å²) in [5.74, 6) is 0. The van der Waals surface area contributed by atoms with Crippen molar-refractivity contribution in [3.05, 3.63) is 46.3 Å². The first-order chi connectivity index (χ1) is 9.71. The number of nitrogens with zero attached hydrogens (tertiary/aromatic N) is 4. The Hall–Kier alpha value is -2.88. The molecule has 6 heteroatoms. The number of benzene rings is 1. The van der Waals surface area contributed by atoms with Crippen LogP contribution in [-0.2, 0) is 0 Å². The summed E-state index contributed by atoms with van der Waals surface area (Å²) < 4.78 is 0.870. The van der Waals surface area contributed by atoms with Crippen LogP contribution in [-0.4, -0.2) is 4.98 Å². The van der Waals surface area contributed by atoms with Crippen molar-refractivity contribution in [2.24, 2.45) is 0 Å². The van der Waals surface area contributed by atoms with Gasteiger partial charge < -0.3 is 5.32 Å². The van der Waals surface area contributed by atoms with E-state index >= 15 is 0 Å². The molecular weight excluding hydrogens is 318 g/mol. The van der Waals surface area contributed by atoms with Gasteiger partial charge in [0.15, 0.2) is 5.57 Å². The summed E-state index contributed by atoms with van der Waals surface area (Å²) in [5, 5.41) is 31.2. The first-order valence-corrected chi connectivity index (χ1v) is 6.24. The molecule has 0 unspecified atom stereocenters. The van der Waals surface area contributed by atoms with Gasteiger partial charge in [-0.15, -0.1) is 0 Å². The number of halogens is 1. The largest absolute Gasteiger partial charge is 0.345 e. The SMILES string of the molecule is N#CC(C#N)=C(C#N)Nc1ccc(Br)c2cnccc12. The Balaban J connectivity index is 2.60. The molecule has 0 aliphatic heterocycles. The third kappa shape index (κ3) is 2.44. The highest BCUT2D eigenvalue weighted by Crippen LogP contribution is 2.30. The second-order valence-corrected chi connectivity index (χ2v) is 4.58. The van der Waals surface area contributed by atoms with Crippen LogP contribution in [0.25, 0.3) is 10.8 Å². The zero-order valence-electron chi connectivity index (χ0n) is 10.1. The quantitative estimate of drug-likeness (QED) is 0.856. The smallest absolute Gasteiger partial charge is 0.163 e. The highest BCUT2D eigenvalue weighted by molar-refractivity contribution is 9.10. The van der Waals surface area contributed by atoms with Gasteiger partial charge in [0, 0.05) is 33.3 Å². The Bertz CT molecular complexity index is 817. The van der Waals surface area contributed by atoms with Gasteiger partial charge in [0.05, 0.1) is 0 Å². The van der Waals surface area contributed by atoms with Gasteiger partial charge >= 0.3 is 0 Å². The lowest BCUT2D eigenvalue weighted by Gasteiger charge is -2.09. The molecule has 0 radical (unpaired) electrons. The van der Waals surface area contributed by atoms with Crippen LogP contribution in [0.2, 0.25) is 0 Å². The molecule has 1 N–H and O–H groups in total. The van der Waals surface area contributed by atoms with E-state index in [4.69, 9.17) is 15.8 Å². The molecule has 0 spiro atoms. The summed E-state index contributed by atoms with van der Waals surface area (Å²) in [6, 6.07) is 10.6. The number of allylic oxidation sites excluding steroid dienone is 2. The molecule has 0 bridgehead atoms. The van der Waals surface area contributed by atoms with Crippen LogP contribution in [0.4, 0.5) is 5.69 Å². The number of anilines is 1. The van der Waals surface area contributed by atoms with Crippen LogP contribution in [0.1, 0.15) is 0 Å². The highest BCUT2D eigenvalue weighted by Gasteiger charge is 2.09. The molecule has 0 fully saturated rings. The first kappa shape index (κ1) is 13.5. The molecule has 0 saturated carbocycles. The van der Waals surface area contributed by atoms with Gasteiger partial charge in [-0.2, -0.15) is 15.8 Å². The van der Waals surface area contributed by atoms with Gasteiger partial charge in [0.1, 0.15) is 23.9 Å². The molecule has 0 aliphatic rings. The Morgan fingerprint density at radius 1 is 1.05 bits per heavy atom. The van der Waals surface area contributed by atoms with Crippen molar-refractivity contribution in [3.63, 3.8) is 0 Å². The number of hydrogen-bond donors (Lipinski definition) is 1. The van der Waals surface area contributed by atoms with E-state index in [1.807, 2.05) is 6.07 Å². The summed E-state index contributed by atoms with van der Waals surface area (Å²) in [4.78, 5) is 4.04. The topological polar surface area (TPSA) is 96.3 Å². The summed E-state index contributed by atoms with van der Waals surface area (Å²) >= 11 is 3.42. The molecule has 0 amide bonds. The molecule has 94 valence electrons. The third-order valence-corrected chi connectivity index (χ3v) is 3.30. The van der Waals surface area contributed by atoms with Gasteiger partial charge in [-0.05, 0) is 18.2 Å². The lowest BCUT2D eigenvalue weighted by molar-refractivity contribution is 1.35. The van der Waals surface area contributed by atoms with Crippen LogP contribution in [0.5, 0.6) is 0 Å². The summed E-state index contributed by atoms with van der Waals surface area (Å²) in [7, 11) is 0. The molecule has 1 aromatic heterocycles. The van der Waals surface area contributed by atoms with Crippen LogP contribution < -0.4 is 5.32 Å². The van der Waals surface area contributed by atoms with E-state index in [0.29, 0.717) is 5.69 Å². The van der Waals surface area contributed by atoms with E-state index in [2.05, 4.69) is 26.2 Å². The number of rotatable bonds is 2. The predicted octanol–water partition coefficient (Wildman–Crippen LogP) is 3.23. The third-order valence-electron chi connectivity index (χ3n) is 2.61. The highest BCUT2D eigenvalue weighted by atomic mass is 79.9. The molecule has 0 aliphatic carbocycles. The van der Waals surface area contributed by atoms with Crippen LogP contribution in [0.15, 0.2) is 46.3 Å². The second-order valence-electron chi connectivity index (χ2n) is 3.73. The molecule has 0 saturated heterocycles. The average molecular weight is 324 g/mol. The van der Waals surface area contributed by atoms with Gasteiger partial charge in [-0.3, -0.25) is 4.98 Å². The fourth-order valence-electron chi connectivity index (χ4n) is 1.68. The Kier molecular flexibility index (Phi) is 3.96. The summed E-state index contributed by atoms with van der Waals surface area (Å²) in [6.07, 6.45) is 3.32. The van der Waals surface area contributed by atoms with Gasteiger partial charge in [-0.25, -0.2) is 0 Å². The predicted molar refractivity (Wildman–Crippen MR) is 76.9 cm³/mol. The van der Waals surface area contributed by atoms with E-state index < -0.39 is 0 Å². The van der Waals surface area contributed by atoms with Crippen molar-refractivity contribution in [2.75, 3.05) is 5.32 Å². The van der Waals surface area contributed by atoms with Crippen LogP contribution >= 0.6 is 15.9 Å². The number of hydrogen-bond acceptors (Lipinski definition) is 5. The minimum atomic E-state index is -0.252. The van der Waals surface area contributed by atoms with Crippen molar-refractivity contribution in [1.29, 1.82) is 15.8 Å². The van der Waals surface area contributed by atoms with Gasteiger partial charge in [0.2, 0.25) is 0 Å². The average Bonchev–Trinajstić information content (AvgIpc) is 2.50. The second kappa shape index (κ2) is 5.84. The fourth-order valence-corrected chi connectivity index (χ4v) is 2.13. The van der Waals surface area contributed by atoms with Crippen molar-refractivity contribution in [2.45, 2.75) is 0 Å². The van der Waals surface area contributed by atoms with Crippen molar-refractivity contribution >= 4 is 32.4 Å². The first-order valence-electron chi connectivity index (χ1n) is 5.45. The van der Waals surface area contributed by atoms with Crippen molar-refractivity contribution in [1.82, 2.24) is 4.98 Å². The molecule has 2 rings (SSSR count). The van der Waals surface area contributed by atoms with E-state index in [-0.39, 0.29) is 11.3 Å². The van der Waals surface area contributed by atoms with E-state index in [0.717, 1.165) is 15.2 Å². The number of nitriles is 3. The zero-order chi connectivity index (χ0) is 14.5. The molecule has 1 aromatic carbocycles. The van der Waals surface area contributed by atoms with Crippen LogP contribution in [0, 0.1) is 34.0 Å². The number of aromatic nitrogens is 1. The summed E-state index contributed by atoms with van der Waals surface area (Å²) in [6.45, 7) is 0. The minimum Gasteiger partial charge on any atom is -0.345 e. The zero-order valence-corrected chi connectivity index (χ0v) is 11.6. The van der Waals surface area contributed by atoms with Crippen LogP contribution in [0.3, 0.4) is 0 Å². The monoisotopic (exact) mass is 323 g/mol.